The zero-order chi connectivity index (χ0) is 16.8. The van der Waals surface area contributed by atoms with Crippen molar-refractivity contribution in [1.82, 2.24) is 10.2 Å². The molecule has 0 aliphatic rings. The van der Waals surface area contributed by atoms with Crippen LogP contribution in [-0.2, 0) is 16.1 Å². The van der Waals surface area contributed by atoms with Gasteiger partial charge in [-0.05, 0) is 33.6 Å². The fourth-order valence-corrected chi connectivity index (χ4v) is 3.81. The van der Waals surface area contributed by atoms with Gasteiger partial charge in [-0.1, -0.05) is 30.3 Å². The molecule has 0 aliphatic heterocycles. The SMILES string of the molecule is CC(=O)NC(CC(=O)N(C)Cc1ccc(Br)s1)c1ccccc1. The van der Waals surface area contributed by atoms with E-state index in [0.29, 0.717) is 6.54 Å². The van der Waals surface area contributed by atoms with Crippen LogP contribution < -0.4 is 5.32 Å². The zero-order valence-electron chi connectivity index (χ0n) is 13.1. The van der Waals surface area contributed by atoms with Crippen LogP contribution in [0.4, 0.5) is 0 Å². The first kappa shape index (κ1) is 17.7. The van der Waals surface area contributed by atoms with Crippen LogP contribution in [0, 0.1) is 0 Å². The number of carbonyl (C=O) groups excluding carboxylic acids is 2. The molecule has 1 aromatic heterocycles. The summed E-state index contributed by atoms with van der Waals surface area (Å²) < 4.78 is 1.05. The van der Waals surface area contributed by atoms with E-state index in [1.165, 1.54) is 6.92 Å². The molecule has 2 aromatic rings. The summed E-state index contributed by atoms with van der Waals surface area (Å²) in [5.41, 5.74) is 0.934. The highest BCUT2D eigenvalue weighted by molar-refractivity contribution is 9.11. The van der Waals surface area contributed by atoms with Crippen molar-refractivity contribution < 1.29 is 9.59 Å². The maximum atomic E-state index is 12.5. The summed E-state index contributed by atoms with van der Waals surface area (Å²) >= 11 is 5.04. The molecule has 1 heterocycles. The first-order chi connectivity index (χ1) is 11.0. The van der Waals surface area contributed by atoms with Crippen molar-refractivity contribution >= 4 is 39.1 Å². The van der Waals surface area contributed by atoms with Crippen LogP contribution in [0.25, 0.3) is 0 Å². The van der Waals surface area contributed by atoms with E-state index in [2.05, 4.69) is 21.2 Å². The summed E-state index contributed by atoms with van der Waals surface area (Å²) in [4.78, 5) is 26.7. The van der Waals surface area contributed by atoms with Gasteiger partial charge in [0.2, 0.25) is 11.8 Å². The largest absolute Gasteiger partial charge is 0.349 e. The average Bonchev–Trinajstić information content (AvgIpc) is 2.92. The van der Waals surface area contributed by atoms with E-state index in [1.807, 2.05) is 42.5 Å². The van der Waals surface area contributed by atoms with Gasteiger partial charge in [-0.2, -0.15) is 0 Å². The molecule has 0 saturated heterocycles. The maximum Gasteiger partial charge on any atom is 0.225 e. The fourth-order valence-electron chi connectivity index (χ4n) is 2.27. The van der Waals surface area contributed by atoms with Gasteiger partial charge in [0.05, 0.1) is 22.8 Å². The molecule has 6 heteroatoms. The van der Waals surface area contributed by atoms with Crippen LogP contribution in [0.1, 0.15) is 29.8 Å². The number of amides is 2. The highest BCUT2D eigenvalue weighted by Gasteiger charge is 2.19. The molecule has 1 atom stereocenters. The Morgan fingerprint density at radius 3 is 2.48 bits per heavy atom. The molecule has 2 amide bonds. The van der Waals surface area contributed by atoms with E-state index < -0.39 is 0 Å². The normalized spacial score (nSPS) is 11.8. The number of hydrogen-bond acceptors (Lipinski definition) is 3. The number of benzene rings is 1. The summed E-state index contributed by atoms with van der Waals surface area (Å²) in [5, 5.41) is 2.86. The Labute approximate surface area is 148 Å². The van der Waals surface area contributed by atoms with Gasteiger partial charge in [0.15, 0.2) is 0 Å². The first-order valence-corrected chi connectivity index (χ1v) is 8.87. The van der Waals surface area contributed by atoms with Crippen molar-refractivity contribution in [3.8, 4) is 0 Å². The molecular formula is C17H19BrN2O2S. The number of rotatable bonds is 6. The van der Waals surface area contributed by atoms with Gasteiger partial charge in [0.1, 0.15) is 0 Å². The summed E-state index contributed by atoms with van der Waals surface area (Å²) in [6.45, 7) is 2.03. The Kier molecular flexibility index (Phi) is 6.36. The van der Waals surface area contributed by atoms with Gasteiger partial charge >= 0.3 is 0 Å². The second kappa shape index (κ2) is 8.26. The van der Waals surface area contributed by atoms with Crippen LogP contribution in [0.15, 0.2) is 46.3 Å². The number of carbonyl (C=O) groups is 2. The fraction of sp³-hybridized carbons (Fsp3) is 0.294. The van der Waals surface area contributed by atoms with Crippen molar-refractivity contribution in [2.75, 3.05) is 7.05 Å². The molecule has 0 saturated carbocycles. The van der Waals surface area contributed by atoms with Crippen LogP contribution in [0.3, 0.4) is 0 Å². The van der Waals surface area contributed by atoms with Gasteiger partial charge in [0, 0.05) is 18.8 Å². The average molecular weight is 395 g/mol. The molecule has 122 valence electrons. The third kappa shape index (κ3) is 5.48. The lowest BCUT2D eigenvalue weighted by atomic mass is 10.0. The lowest BCUT2D eigenvalue weighted by Crippen LogP contribution is -2.33. The minimum absolute atomic E-state index is 0.00266. The second-order valence-electron chi connectivity index (χ2n) is 5.32. The molecule has 4 nitrogen and oxygen atoms in total. The van der Waals surface area contributed by atoms with Crippen LogP contribution in [0.5, 0.6) is 0 Å². The third-order valence-corrected chi connectivity index (χ3v) is 5.01. The molecule has 0 spiro atoms. The van der Waals surface area contributed by atoms with Crippen LogP contribution in [0.2, 0.25) is 0 Å². The summed E-state index contributed by atoms with van der Waals surface area (Å²) in [6.07, 6.45) is 0.243. The lowest BCUT2D eigenvalue weighted by Gasteiger charge is -2.22. The monoisotopic (exact) mass is 394 g/mol. The first-order valence-electron chi connectivity index (χ1n) is 7.26. The topological polar surface area (TPSA) is 49.4 Å². The molecular weight excluding hydrogens is 376 g/mol. The smallest absolute Gasteiger partial charge is 0.225 e. The number of hydrogen-bond donors (Lipinski definition) is 1. The summed E-state index contributed by atoms with van der Waals surface area (Å²) in [6, 6.07) is 13.2. The quantitative estimate of drug-likeness (QED) is 0.810. The Balaban J connectivity index is 2.03. The van der Waals surface area contributed by atoms with E-state index in [4.69, 9.17) is 0 Å². The number of halogens is 1. The molecule has 2 rings (SSSR count). The molecule has 0 aliphatic carbocycles. The van der Waals surface area contributed by atoms with Crippen LogP contribution >= 0.6 is 27.3 Å². The van der Waals surface area contributed by atoms with Gasteiger partial charge in [-0.3, -0.25) is 9.59 Å². The summed E-state index contributed by atoms with van der Waals surface area (Å²) in [5.74, 6) is -0.145. The molecule has 23 heavy (non-hydrogen) atoms. The van der Waals surface area contributed by atoms with Crippen molar-refractivity contribution in [1.29, 1.82) is 0 Å². The van der Waals surface area contributed by atoms with Gasteiger partial charge in [-0.15, -0.1) is 11.3 Å². The predicted molar refractivity (Wildman–Crippen MR) is 96.1 cm³/mol. The summed E-state index contributed by atoms with van der Waals surface area (Å²) in [7, 11) is 1.78. The van der Waals surface area contributed by atoms with Gasteiger partial charge < -0.3 is 10.2 Å². The lowest BCUT2D eigenvalue weighted by molar-refractivity contribution is -0.131. The Bertz CT molecular complexity index is 672. The van der Waals surface area contributed by atoms with E-state index in [9.17, 15) is 9.59 Å². The highest BCUT2D eigenvalue weighted by atomic mass is 79.9. The van der Waals surface area contributed by atoms with Gasteiger partial charge in [-0.25, -0.2) is 0 Å². The van der Waals surface area contributed by atoms with E-state index in [0.717, 1.165) is 14.2 Å². The predicted octanol–water partition coefficient (Wildman–Crippen LogP) is 3.74. The number of nitrogens with one attached hydrogen (secondary N) is 1. The molecule has 1 N–H and O–H groups in total. The van der Waals surface area contributed by atoms with Crippen molar-refractivity contribution in [3.63, 3.8) is 0 Å². The number of thiophene rings is 1. The molecule has 0 fully saturated rings. The Morgan fingerprint density at radius 1 is 1.22 bits per heavy atom. The van der Waals surface area contributed by atoms with Crippen LogP contribution in [-0.4, -0.2) is 23.8 Å². The van der Waals surface area contributed by atoms with Crippen molar-refractivity contribution in [2.45, 2.75) is 25.9 Å². The van der Waals surface area contributed by atoms with Gasteiger partial charge in [0.25, 0.3) is 0 Å². The third-order valence-electron chi connectivity index (χ3n) is 3.41. The highest BCUT2D eigenvalue weighted by Crippen LogP contribution is 2.24. The molecule has 1 aromatic carbocycles. The second-order valence-corrected chi connectivity index (χ2v) is 7.87. The Morgan fingerprint density at radius 2 is 1.91 bits per heavy atom. The number of nitrogens with zero attached hydrogens (tertiary/aromatic N) is 1. The molecule has 1 unspecified atom stereocenters. The molecule has 0 radical (unpaired) electrons. The maximum absolute atomic E-state index is 12.5. The minimum atomic E-state index is -0.307. The Hall–Kier alpha value is -1.66. The zero-order valence-corrected chi connectivity index (χ0v) is 15.5. The minimum Gasteiger partial charge on any atom is -0.349 e. The van der Waals surface area contributed by atoms with Crippen molar-refractivity contribution in [3.05, 3.63) is 56.7 Å². The van der Waals surface area contributed by atoms with E-state index in [-0.39, 0.29) is 24.3 Å². The van der Waals surface area contributed by atoms with E-state index >= 15 is 0 Å². The molecule has 0 bridgehead atoms. The van der Waals surface area contributed by atoms with Crippen molar-refractivity contribution in [2.24, 2.45) is 0 Å². The standard InChI is InChI=1S/C17H19BrN2O2S/c1-12(21)19-15(13-6-4-3-5-7-13)10-17(22)20(2)11-14-8-9-16(18)23-14/h3-9,15H,10-11H2,1-2H3,(H,19,21). The van der Waals surface area contributed by atoms with E-state index in [1.54, 1.807) is 23.3 Å².